The number of carbonyl (C=O) groups excluding carboxylic acids is 1. The van der Waals surface area contributed by atoms with Gasteiger partial charge in [0.25, 0.3) is 5.56 Å². The second kappa shape index (κ2) is 7.51. The van der Waals surface area contributed by atoms with E-state index in [9.17, 15) is 14.0 Å². The predicted molar refractivity (Wildman–Crippen MR) is 105 cm³/mol. The van der Waals surface area contributed by atoms with Crippen LogP contribution in [0, 0.1) is 5.82 Å². The van der Waals surface area contributed by atoms with Crippen molar-refractivity contribution in [1.29, 1.82) is 0 Å². The molecule has 1 amide bonds. The Morgan fingerprint density at radius 2 is 2.00 bits per heavy atom. The van der Waals surface area contributed by atoms with Gasteiger partial charge in [0, 0.05) is 25.9 Å². The molecule has 3 aromatic heterocycles. The van der Waals surface area contributed by atoms with Crippen molar-refractivity contribution in [3.8, 4) is 0 Å². The molecule has 7 nitrogen and oxygen atoms in total. The van der Waals surface area contributed by atoms with Crippen molar-refractivity contribution >= 4 is 33.2 Å². The normalized spacial score (nSPS) is 11.4. The third kappa shape index (κ3) is 3.29. The predicted octanol–water partition coefficient (Wildman–Crippen LogP) is 2.51. The Kier molecular flexibility index (Phi) is 4.91. The molecule has 0 bridgehead atoms. The summed E-state index contributed by atoms with van der Waals surface area (Å²) in [6, 6.07) is 7.88. The number of amides is 1. The molecule has 144 valence electrons. The van der Waals surface area contributed by atoms with Crippen LogP contribution in [0.4, 0.5) is 4.39 Å². The number of carbonyl (C=O) groups is 1. The summed E-state index contributed by atoms with van der Waals surface area (Å²) >= 11 is 1.39. The molecule has 0 spiro atoms. The van der Waals surface area contributed by atoms with E-state index in [1.165, 1.54) is 23.5 Å². The van der Waals surface area contributed by atoms with E-state index in [0.717, 1.165) is 11.1 Å². The molecule has 0 saturated carbocycles. The second-order valence-electron chi connectivity index (χ2n) is 6.34. The Bertz CT molecular complexity index is 1210. The van der Waals surface area contributed by atoms with E-state index in [4.69, 9.17) is 0 Å². The largest absolute Gasteiger partial charge is 0.352 e. The molecular weight excluding hydrogens is 381 g/mol. The van der Waals surface area contributed by atoms with Gasteiger partial charge in [0.15, 0.2) is 0 Å². The number of fused-ring (bicyclic) bond motifs is 3. The van der Waals surface area contributed by atoms with Gasteiger partial charge in [-0.1, -0.05) is 12.1 Å². The number of aromatic nitrogens is 4. The summed E-state index contributed by atoms with van der Waals surface area (Å²) in [7, 11) is 0. The van der Waals surface area contributed by atoms with Crippen molar-refractivity contribution in [2.24, 2.45) is 0 Å². The minimum atomic E-state index is -0.306. The van der Waals surface area contributed by atoms with Crippen molar-refractivity contribution in [2.45, 2.75) is 32.9 Å². The number of nitrogens with one attached hydrogen (secondary N) is 1. The Labute approximate surface area is 163 Å². The lowest BCUT2D eigenvalue weighted by atomic mass is 10.2. The van der Waals surface area contributed by atoms with Gasteiger partial charge in [0.05, 0.1) is 5.52 Å². The van der Waals surface area contributed by atoms with Crippen LogP contribution in [0.1, 0.15) is 24.7 Å². The van der Waals surface area contributed by atoms with Gasteiger partial charge in [0.1, 0.15) is 16.3 Å². The minimum Gasteiger partial charge on any atom is -0.352 e. The van der Waals surface area contributed by atoms with Crippen molar-refractivity contribution in [2.75, 3.05) is 0 Å². The fourth-order valence-corrected chi connectivity index (χ4v) is 3.97. The first-order valence-corrected chi connectivity index (χ1v) is 9.81. The zero-order chi connectivity index (χ0) is 19.7. The number of rotatable bonds is 6. The highest BCUT2D eigenvalue weighted by Gasteiger charge is 2.17. The van der Waals surface area contributed by atoms with E-state index in [0.29, 0.717) is 35.8 Å². The van der Waals surface area contributed by atoms with E-state index in [1.807, 2.05) is 22.8 Å². The van der Waals surface area contributed by atoms with Crippen LogP contribution in [-0.2, 0) is 24.3 Å². The number of aryl methyl sites for hydroxylation is 2. The molecule has 0 atom stereocenters. The third-order valence-corrected chi connectivity index (χ3v) is 5.47. The molecule has 0 unspecified atom stereocenters. The molecule has 28 heavy (non-hydrogen) atoms. The first-order chi connectivity index (χ1) is 13.6. The topological polar surface area (TPSA) is 81.3 Å². The number of benzene rings is 1. The Morgan fingerprint density at radius 1 is 1.21 bits per heavy atom. The summed E-state index contributed by atoms with van der Waals surface area (Å²) in [5.74, 6) is 0.683. The number of hydrogen-bond donors (Lipinski definition) is 1. The molecule has 3 heterocycles. The van der Waals surface area contributed by atoms with Crippen LogP contribution < -0.4 is 10.9 Å². The number of halogens is 1. The first-order valence-electron chi connectivity index (χ1n) is 8.93. The first kappa shape index (κ1) is 18.3. The van der Waals surface area contributed by atoms with E-state index in [1.54, 1.807) is 16.7 Å². The zero-order valence-corrected chi connectivity index (χ0v) is 16.0. The lowest BCUT2D eigenvalue weighted by Crippen LogP contribution is -2.24. The molecule has 1 aromatic carbocycles. The second-order valence-corrected chi connectivity index (χ2v) is 7.26. The molecular formula is C19H18FN5O2S. The van der Waals surface area contributed by atoms with Crippen LogP contribution in [0.3, 0.4) is 0 Å². The van der Waals surface area contributed by atoms with Gasteiger partial charge in [-0.15, -0.1) is 21.5 Å². The summed E-state index contributed by atoms with van der Waals surface area (Å²) in [5.41, 5.74) is 1.52. The molecule has 1 N–H and O–H groups in total. The average molecular weight is 399 g/mol. The molecule has 0 aliphatic heterocycles. The maximum atomic E-state index is 12.9. The fourth-order valence-electron chi connectivity index (χ4n) is 3.14. The molecule has 0 radical (unpaired) electrons. The zero-order valence-electron chi connectivity index (χ0n) is 15.2. The van der Waals surface area contributed by atoms with Crippen LogP contribution in [0.25, 0.3) is 16.0 Å². The molecule has 0 saturated heterocycles. The smallest absolute Gasteiger partial charge is 0.272 e. The highest BCUT2D eigenvalue weighted by Crippen LogP contribution is 2.20. The highest BCUT2D eigenvalue weighted by molar-refractivity contribution is 7.17. The van der Waals surface area contributed by atoms with Crippen LogP contribution in [0.5, 0.6) is 0 Å². The maximum absolute atomic E-state index is 12.9. The molecule has 9 heteroatoms. The standard InChI is InChI=1S/C19H18FN5O2S/c1-2-24-18(27)17-14(9-10-28-17)25-15(22-23-19(24)25)7-8-16(26)21-11-12-3-5-13(20)6-4-12/h3-6,9-10H,2,7-8,11H2,1H3,(H,21,26). The highest BCUT2D eigenvalue weighted by atomic mass is 32.1. The van der Waals surface area contributed by atoms with Gasteiger partial charge in [-0.3, -0.25) is 18.6 Å². The van der Waals surface area contributed by atoms with Gasteiger partial charge >= 0.3 is 0 Å². The lowest BCUT2D eigenvalue weighted by Gasteiger charge is -2.07. The van der Waals surface area contributed by atoms with E-state index < -0.39 is 0 Å². The van der Waals surface area contributed by atoms with Crippen LogP contribution in [-0.4, -0.2) is 25.1 Å². The minimum absolute atomic E-state index is 0.0732. The third-order valence-electron chi connectivity index (χ3n) is 4.57. The Balaban J connectivity index is 1.52. The summed E-state index contributed by atoms with van der Waals surface area (Å²) in [6.07, 6.45) is 0.627. The maximum Gasteiger partial charge on any atom is 0.272 e. The van der Waals surface area contributed by atoms with Crippen molar-refractivity contribution in [3.63, 3.8) is 0 Å². The van der Waals surface area contributed by atoms with Gasteiger partial charge < -0.3 is 5.32 Å². The van der Waals surface area contributed by atoms with Crippen LogP contribution in [0.2, 0.25) is 0 Å². The van der Waals surface area contributed by atoms with Crippen molar-refractivity contribution in [1.82, 2.24) is 24.5 Å². The van der Waals surface area contributed by atoms with Crippen LogP contribution >= 0.6 is 11.3 Å². The molecule has 4 aromatic rings. The van der Waals surface area contributed by atoms with E-state index >= 15 is 0 Å². The Hall–Kier alpha value is -3.07. The Morgan fingerprint density at radius 3 is 2.75 bits per heavy atom. The quantitative estimate of drug-likeness (QED) is 0.540. The van der Waals surface area contributed by atoms with Crippen molar-refractivity contribution < 1.29 is 9.18 Å². The lowest BCUT2D eigenvalue weighted by molar-refractivity contribution is -0.121. The van der Waals surface area contributed by atoms with E-state index in [-0.39, 0.29) is 23.7 Å². The fraction of sp³-hybridized carbons (Fsp3) is 0.263. The van der Waals surface area contributed by atoms with Crippen molar-refractivity contribution in [3.05, 3.63) is 63.3 Å². The van der Waals surface area contributed by atoms with E-state index in [2.05, 4.69) is 15.5 Å². The summed E-state index contributed by atoms with van der Waals surface area (Å²) < 4.78 is 17.0. The number of thiophene rings is 1. The molecule has 0 fully saturated rings. The average Bonchev–Trinajstić information content (AvgIpc) is 3.33. The summed E-state index contributed by atoms with van der Waals surface area (Å²) in [5, 5.41) is 13.1. The summed E-state index contributed by atoms with van der Waals surface area (Å²) in [4.78, 5) is 24.8. The monoisotopic (exact) mass is 399 g/mol. The SMILES string of the molecule is CCn1c(=O)c2sccc2n2c(CCC(=O)NCc3ccc(F)cc3)nnc12. The van der Waals surface area contributed by atoms with Gasteiger partial charge in [0.2, 0.25) is 11.7 Å². The molecule has 0 aliphatic rings. The van der Waals surface area contributed by atoms with Gasteiger partial charge in [-0.05, 0) is 36.1 Å². The van der Waals surface area contributed by atoms with Gasteiger partial charge in [-0.2, -0.15) is 0 Å². The number of hydrogen-bond acceptors (Lipinski definition) is 5. The number of nitrogens with zero attached hydrogens (tertiary/aromatic N) is 4. The summed E-state index contributed by atoms with van der Waals surface area (Å²) in [6.45, 7) is 2.72. The van der Waals surface area contributed by atoms with Gasteiger partial charge in [-0.25, -0.2) is 4.39 Å². The molecule has 4 rings (SSSR count). The van der Waals surface area contributed by atoms with Crippen LogP contribution in [0.15, 0.2) is 40.5 Å². The molecule has 0 aliphatic carbocycles.